The fourth-order valence-electron chi connectivity index (χ4n) is 2.43. The number of hydrogen-bond donors (Lipinski definition) is 1. The summed E-state index contributed by atoms with van der Waals surface area (Å²) in [6.45, 7) is 2.10. The molecule has 0 saturated carbocycles. The minimum absolute atomic E-state index is 0.438. The van der Waals surface area contributed by atoms with Crippen LogP contribution in [0.4, 0.5) is 0 Å². The minimum atomic E-state index is -0.438. The van der Waals surface area contributed by atoms with Crippen molar-refractivity contribution in [3.05, 3.63) is 53.6 Å². The summed E-state index contributed by atoms with van der Waals surface area (Å²) < 4.78 is 0. The van der Waals surface area contributed by atoms with Crippen LogP contribution in [0.15, 0.2) is 42.5 Å². The van der Waals surface area contributed by atoms with Crippen LogP contribution in [0.2, 0.25) is 0 Å². The molecule has 1 aromatic heterocycles. The van der Waals surface area contributed by atoms with Crippen molar-refractivity contribution in [3.63, 3.8) is 0 Å². The van der Waals surface area contributed by atoms with E-state index in [0.717, 1.165) is 22.7 Å². The molecule has 0 radical (unpaired) electrons. The highest BCUT2D eigenvalue weighted by atomic mass is 16.1. The van der Waals surface area contributed by atoms with Crippen LogP contribution in [0.5, 0.6) is 0 Å². The highest BCUT2D eigenvalue weighted by molar-refractivity contribution is 6.07. The van der Waals surface area contributed by atoms with Gasteiger partial charge in [-0.25, -0.2) is 4.98 Å². The van der Waals surface area contributed by atoms with Crippen molar-refractivity contribution in [2.75, 3.05) is 0 Å². The Bertz CT molecular complexity index is 793. The van der Waals surface area contributed by atoms with E-state index in [1.807, 2.05) is 24.3 Å². The van der Waals surface area contributed by atoms with Gasteiger partial charge >= 0.3 is 0 Å². The van der Waals surface area contributed by atoms with Crippen LogP contribution in [0.1, 0.15) is 22.8 Å². The lowest BCUT2D eigenvalue weighted by atomic mass is 10.0. The molecule has 94 valence electrons. The van der Waals surface area contributed by atoms with Crippen LogP contribution in [-0.4, -0.2) is 10.9 Å². The number of aromatic nitrogens is 1. The maximum atomic E-state index is 11.5. The molecule has 0 aliphatic carbocycles. The number of amides is 1. The number of para-hydroxylation sites is 2. The molecular formula is C16H14N2O. The van der Waals surface area contributed by atoms with E-state index < -0.39 is 5.91 Å². The van der Waals surface area contributed by atoms with E-state index >= 15 is 0 Å². The van der Waals surface area contributed by atoms with Gasteiger partial charge < -0.3 is 5.73 Å². The Hall–Kier alpha value is -2.42. The van der Waals surface area contributed by atoms with Crippen LogP contribution in [0.3, 0.4) is 0 Å². The topological polar surface area (TPSA) is 56.0 Å². The van der Waals surface area contributed by atoms with Gasteiger partial charge in [0.2, 0.25) is 0 Å². The van der Waals surface area contributed by atoms with E-state index in [0.29, 0.717) is 11.1 Å². The SMILES string of the molecule is CCc1cccc2cc3cccc(C(N)=O)c3nc12. The summed E-state index contributed by atoms with van der Waals surface area (Å²) in [5.74, 6) is -0.438. The normalized spacial score (nSPS) is 11.0. The zero-order chi connectivity index (χ0) is 13.4. The second kappa shape index (κ2) is 4.35. The van der Waals surface area contributed by atoms with Gasteiger partial charge in [0, 0.05) is 10.8 Å². The minimum Gasteiger partial charge on any atom is -0.366 e. The highest BCUT2D eigenvalue weighted by Gasteiger charge is 2.10. The van der Waals surface area contributed by atoms with Gasteiger partial charge in [0.25, 0.3) is 5.91 Å². The molecule has 0 aliphatic rings. The van der Waals surface area contributed by atoms with E-state index in [4.69, 9.17) is 5.73 Å². The molecule has 2 N–H and O–H groups in total. The zero-order valence-corrected chi connectivity index (χ0v) is 10.7. The van der Waals surface area contributed by atoms with Gasteiger partial charge in [0.15, 0.2) is 0 Å². The number of primary amides is 1. The lowest BCUT2D eigenvalue weighted by Gasteiger charge is -2.07. The summed E-state index contributed by atoms with van der Waals surface area (Å²) in [4.78, 5) is 16.2. The van der Waals surface area contributed by atoms with Crippen molar-refractivity contribution in [2.45, 2.75) is 13.3 Å². The number of hydrogen-bond acceptors (Lipinski definition) is 2. The maximum Gasteiger partial charge on any atom is 0.250 e. The molecule has 1 heterocycles. The van der Waals surface area contributed by atoms with E-state index in [2.05, 4.69) is 24.0 Å². The lowest BCUT2D eigenvalue weighted by Crippen LogP contribution is -2.11. The average molecular weight is 250 g/mol. The molecular weight excluding hydrogens is 236 g/mol. The number of carbonyl (C=O) groups is 1. The van der Waals surface area contributed by atoms with Gasteiger partial charge in [-0.1, -0.05) is 37.3 Å². The summed E-state index contributed by atoms with van der Waals surface area (Å²) in [5, 5.41) is 2.03. The van der Waals surface area contributed by atoms with Gasteiger partial charge in [-0.15, -0.1) is 0 Å². The van der Waals surface area contributed by atoms with Crippen molar-refractivity contribution >= 4 is 27.7 Å². The summed E-state index contributed by atoms with van der Waals surface area (Å²) in [6, 6.07) is 13.7. The van der Waals surface area contributed by atoms with Gasteiger partial charge in [-0.05, 0) is 24.1 Å². The van der Waals surface area contributed by atoms with Crippen molar-refractivity contribution in [1.82, 2.24) is 4.98 Å². The summed E-state index contributed by atoms with van der Waals surface area (Å²) in [5.41, 5.74) is 8.71. The van der Waals surface area contributed by atoms with Gasteiger partial charge in [-0.2, -0.15) is 0 Å². The predicted octanol–water partition coefficient (Wildman–Crippen LogP) is 3.05. The fourth-order valence-corrected chi connectivity index (χ4v) is 2.43. The summed E-state index contributed by atoms with van der Waals surface area (Å²) in [6.07, 6.45) is 0.911. The van der Waals surface area contributed by atoms with Crippen LogP contribution in [0.25, 0.3) is 21.8 Å². The van der Waals surface area contributed by atoms with Crippen molar-refractivity contribution in [3.8, 4) is 0 Å². The standard InChI is InChI=1S/C16H14N2O/c1-2-10-5-3-6-11-9-12-7-4-8-13(16(17)19)15(12)18-14(10)11/h3-9H,2H2,1H3,(H2,17,19). The molecule has 2 aromatic carbocycles. The predicted molar refractivity (Wildman–Crippen MR) is 77.1 cm³/mol. The molecule has 0 unspecified atom stereocenters. The quantitative estimate of drug-likeness (QED) is 0.711. The molecule has 3 rings (SSSR count). The first kappa shape index (κ1) is 11.7. The molecule has 3 aromatic rings. The average Bonchev–Trinajstić information content (AvgIpc) is 2.43. The second-order valence-corrected chi connectivity index (χ2v) is 4.57. The molecule has 3 nitrogen and oxygen atoms in total. The number of benzene rings is 2. The number of aryl methyl sites for hydroxylation is 1. The third-order valence-electron chi connectivity index (χ3n) is 3.40. The summed E-state index contributed by atoms with van der Waals surface area (Å²) in [7, 11) is 0. The monoisotopic (exact) mass is 250 g/mol. The van der Waals surface area contributed by atoms with E-state index in [1.54, 1.807) is 6.07 Å². The van der Waals surface area contributed by atoms with Gasteiger partial charge in [-0.3, -0.25) is 4.79 Å². The number of fused-ring (bicyclic) bond motifs is 2. The zero-order valence-electron chi connectivity index (χ0n) is 10.7. The Morgan fingerprint density at radius 2 is 1.79 bits per heavy atom. The lowest BCUT2D eigenvalue weighted by molar-refractivity contribution is 0.100. The maximum absolute atomic E-state index is 11.5. The molecule has 3 heteroatoms. The molecule has 0 atom stereocenters. The highest BCUT2D eigenvalue weighted by Crippen LogP contribution is 2.24. The first-order chi connectivity index (χ1) is 9.20. The van der Waals surface area contributed by atoms with E-state index in [-0.39, 0.29) is 0 Å². The number of nitrogens with zero attached hydrogens (tertiary/aromatic N) is 1. The number of pyridine rings is 1. The van der Waals surface area contributed by atoms with Crippen LogP contribution >= 0.6 is 0 Å². The second-order valence-electron chi connectivity index (χ2n) is 4.57. The molecule has 0 fully saturated rings. The van der Waals surface area contributed by atoms with Crippen LogP contribution in [0, 0.1) is 0 Å². The fraction of sp³-hybridized carbons (Fsp3) is 0.125. The first-order valence-electron chi connectivity index (χ1n) is 6.32. The Kier molecular flexibility index (Phi) is 2.67. The molecule has 0 saturated heterocycles. The molecule has 0 bridgehead atoms. The Balaban J connectivity index is 2.46. The van der Waals surface area contributed by atoms with E-state index in [9.17, 15) is 4.79 Å². The third kappa shape index (κ3) is 1.83. The number of nitrogens with two attached hydrogens (primary N) is 1. The molecule has 0 spiro atoms. The largest absolute Gasteiger partial charge is 0.366 e. The van der Waals surface area contributed by atoms with Crippen molar-refractivity contribution in [1.29, 1.82) is 0 Å². The summed E-state index contributed by atoms with van der Waals surface area (Å²) >= 11 is 0. The molecule has 1 amide bonds. The van der Waals surface area contributed by atoms with E-state index in [1.165, 1.54) is 5.56 Å². The van der Waals surface area contributed by atoms with Crippen LogP contribution in [-0.2, 0) is 6.42 Å². The number of rotatable bonds is 2. The Labute approximate surface area is 111 Å². The smallest absolute Gasteiger partial charge is 0.250 e. The molecule has 19 heavy (non-hydrogen) atoms. The number of carbonyl (C=O) groups excluding carboxylic acids is 1. The van der Waals surface area contributed by atoms with Gasteiger partial charge in [0.1, 0.15) is 0 Å². The van der Waals surface area contributed by atoms with Crippen molar-refractivity contribution in [2.24, 2.45) is 5.73 Å². The molecule has 0 aliphatic heterocycles. The van der Waals surface area contributed by atoms with Crippen LogP contribution < -0.4 is 5.73 Å². The Morgan fingerprint density at radius 3 is 2.47 bits per heavy atom. The Morgan fingerprint density at radius 1 is 1.11 bits per heavy atom. The third-order valence-corrected chi connectivity index (χ3v) is 3.40. The van der Waals surface area contributed by atoms with Crippen molar-refractivity contribution < 1.29 is 4.79 Å². The first-order valence-corrected chi connectivity index (χ1v) is 6.32. The van der Waals surface area contributed by atoms with Gasteiger partial charge in [0.05, 0.1) is 16.6 Å².